The van der Waals surface area contributed by atoms with Crippen LogP contribution in [0.15, 0.2) is 6.20 Å². The van der Waals surface area contributed by atoms with Gasteiger partial charge in [-0.05, 0) is 6.92 Å². The molecule has 2 N–H and O–H groups in total. The van der Waals surface area contributed by atoms with Crippen LogP contribution in [-0.4, -0.2) is 14.8 Å². The Morgan fingerprint density at radius 2 is 2.29 bits per heavy atom. The molecule has 0 fully saturated rings. The molecule has 0 saturated carbocycles. The predicted octanol–water partition coefficient (Wildman–Crippen LogP) is 1.57. The Labute approximate surface area is 84.2 Å². The highest BCUT2D eigenvalue weighted by Crippen LogP contribution is 2.29. The monoisotopic (exact) mass is 212 g/mol. The van der Waals surface area contributed by atoms with Crippen LogP contribution in [0.3, 0.4) is 0 Å². The van der Waals surface area contributed by atoms with E-state index >= 15 is 0 Å². The minimum Gasteiger partial charge on any atom is -0.381 e. The van der Waals surface area contributed by atoms with Crippen LogP contribution in [0.2, 0.25) is 0 Å². The van der Waals surface area contributed by atoms with Gasteiger partial charge in [0.25, 0.3) is 0 Å². The van der Waals surface area contributed by atoms with Gasteiger partial charge in [0.05, 0.1) is 9.88 Å². The molecule has 0 unspecified atom stereocenters. The van der Waals surface area contributed by atoms with E-state index in [1.807, 2.05) is 6.92 Å². The van der Waals surface area contributed by atoms with E-state index < -0.39 is 5.82 Å². The summed E-state index contributed by atoms with van der Waals surface area (Å²) in [5.41, 5.74) is 5.73. The fourth-order valence-electron chi connectivity index (χ4n) is 1.14. The van der Waals surface area contributed by atoms with Gasteiger partial charge in [-0.1, -0.05) is 0 Å². The van der Waals surface area contributed by atoms with Crippen molar-refractivity contribution < 1.29 is 4.39 Å². The fraction of sp³-hybridized carbons (Fsp3) is 0.250. The summed E-state index contributed by atoms with van der Waals surface area (Å²) >= 11 is 1.39. The molecule has 0 radical (unpaired) electrons. The van der Waals surface area contributed by atoms with E-state index in [0.29, 0.717) is 4.88 Å². The van der Waals surface area contributed by atoms with Crippen LogP contribution in [0, 0.1) is 12.7 Å². The molecule has 2 heterocycles. The summed E-state index contributed by atoms with van der Waals surface area (Å²) in [7, 11) is 1.61. The Hall–Kier alpha value is -1.43. The third-order valence-electron chi connectivity index (χ3n) is 1.89. The summed E-state index contributed by atoms with van der Waals surface area (Å²) in [6.07, 6.45) is 1.60. The zero-order valence-electron chi connectivity index (χ0n) is 7.78. The number of hydrogen-bond acceptors (Lipinski definition) is 4. The number of rotatable bonds is 1. The third kappa shape index (κ3) is 1.27. The molecule has 0 atom stereocenters. The molecule has 0 aliphatic rings. The van der Waals surface area contributed by atoms with E-state index in [0.717, 1.165) is 5.01 Å². The molecule has 0 aliphatic heterocycles. The van der Waals surface area contributed by atoms with E-state index in [4.69, 9.17) is 5.73 Å². The van der Waals surface area contributed by atoms with E-state index in [1.54, 1.807) is 13.2 Å². The second-order valence-electron chi connectivity index (χ2n) is 2.91. The largest absolute Gasteiger partial charge is 0.381 e. The number of anilines is 1. The minimum atomic E-state index is -0.476. The van der Waals surface area contributed by atoms with Crippen LogP contribution in [-0.2, 0) is 7.05 Å². The maximum Gasteiger partial charge on any atom is 0.193 e. The topological polar surface area (TPSA) is 56.7 Å². The summed E-state index contributed by atoms with van der Waals surface area (Å²) in [4.78, 5) is 4.74. The number of aromatic nitrogens is 3. The van der Waals surface area contributed by atoms with E-state index in [-0.39, 0.29) is 11.5 Å². The van der Waals surface area contributed by atoms with Crippen LogP contribution in [0.4, 0.5) is 10.2 Å². The van der Waals surface area contributed by atoms with Gasteiger partial charge >= 0.3 is 0 Å². The van der Waals surface area contributed by atoms with E-state index in [1.165, 1.54) is 16.0 Å². The molecule has 0 saturated heterocycles. The molecule has 4 nitrogen and oxygen atoms in total. The number of hydrogen-bond donors (Lipinski definition) is 1. The number of thiazole rings is 1. The number of halogens is 1. The zero-order chi connectivity index (χ0) is 10.3. The van der Waals surface area contributed by atoms with Crippen LogP contribution in [0.5, 0.6) is 0 Å². The SMILES string of the molecule is Cc1ncc(-c2nn(C)c(N)c2F)s1. The molecule has 2 aromatic rings. The molecule has 0 aromatic carbocycles. The number of nitrogen functional groups attached to an aromatic ring is 1. The zero-order valence-corrected chi connectivity index (χ0v) is 8.60. The Morgan fingerprint density at radius 1 is 1.57 bits per heavy atom. The molecular weight excluding hydrogens is 203 g/mol. The maximum absolute atomic E-state index is 13.5. The molecule has 74 valence electrons. The molecule has 2 aromatic heterocycles. The Balaban J connectivity index is 2.57. The lowest BCUT2D eigenvalue weighted by Gasteiger charge is -1.88. The maximum atomic E-state index is 13.5. The van der Waals surface area contributed by atoms with Crippen LogP contribution in [0.25, 0.3) is 10.6 Å². The van der Waals surface area contributed by atoms with Crippen molar-refractivity contribution in [3.05, 3.63) is 17.0 Å². The van der Waals surface area contributed by atoms with Gasteiger partial charge in [-0.15, -0.1) is 11.3 Å². The van der Waals surface area contributed by atoms with Crippen molar-refractivity contribution in [2.45, 2.75) is 6.92 Å². The lowest BCUT2D eigenvalue weighted by molar-refractivity contribution is 0.634. The first-order valence-corrected chi connectivity index (χ1v) is 4.82. The van der Waals surface area contributed by atoms with Crippen molar-refractivity contribution >= 4 is 17.2 Å². The Bertz CT molecular complexity index is 474. The van der Waals surface area contributed by atoms with Gasteiger partial charge in [-0.2, -0.15) is 5.10 Å². The standard InChI is InChI=1S/C8H9FN4S/c1-4-11-3-5(14-4)7-6(9)8(10)13(2)12-7/h3H,10H2,1-2H3. The third-order valence-corrected chi connectivity index (χ3v) is 2.81. The second kappa shape index (κ2) is 3.06. The molecule has 14 heavy (non-hydrogen) atoms. The summed E-state index contributed by atoms with van der Waals surface area (Å²) in [6.45, 7) is 1.86. The number of nitrogens with zero attached hydrogens (tertiary/aromatic N) is 3. The Kier molecular flexibility index (Phi) is 1.99. The first-order chi connectivity index (χ1) is 6.59. The van der Waals surface area contributed by atoms with Gasteiger partial charge in [0.15, 0.2) is 11.6 Å². The average molecular weight is 212 g/mol. The first kappa shape index (κ1) is 9.14. The molecular formula is C8H9FN4S. The number of aryl methyl sites for hydroxylation is 2. The quantitative estimate of drug-likeness (QED) is 0.780. The van der Waals surface area contributed by atoms with Crippen LogP contribution in [0.1, 0.15) is 5.01 Å². The van der Waals surface area contributed by atoms with Crippen molar-refractivity contribution in [1.82, 2.24) is 14.8 Å². The van der Waals surface area contributed by atoms with Crippen LogP contribution >= 0.6 is 11.3 Å². The smallest absolute Gasteiger partial charge is 0.193 e. The molecule has 0 aliphatic carbocycles. The first-order valence-electron chi connectivity index (χ1n) is 4.00. The Morgan fingerprint density at radius 3 is 2.71 bits per heavy atom. The predicted molar refractivity (Wildman–Crippen MR) is 53.4 cm³/mol. The van der Waals surface area contributed by atoms with E-state index in [9.17, 15) is 4.39 Å². The van der Waals surface area contributed by atoms with Gasteiger partial charge in [0.2, 0.25) is 0 Å². The van der Waals surface area contributed by atoms with Crippen molar-refractivity contribution in [1.29, 1.82) is 0 Å². The highest BCUT2D eigenvalue weighted by atomic mass is 32.1. The van der Waals surface area contributed by atoms with E-state index in [2.05, 4.69) is 10.1 Å². The minimum absolute atomic E-state index is 0.0473. The highest BCUT2D eigenvalue weighted by molar-refractivity contribution is 7.15. The van der Waals surface area contributed by atoms with Crippen LogP contribution < -0.4 is 5.73 Å². The van der Waals surface area contributed by atoms with Crippen molar-refractivity contribution in [3.8, 4) is 10.6 Å². The normalized spacial score (nSPS) is 10.8. The van der Waals surface area contributed by atoms with Crippen molar-refractivity contribution in [2.24, 2.45) is 7.05 Å². The van der Waals surface area contributed by atoms with Crippen molar-refractivity contribution in [3.63, 3.8) is 0 Å². The summed E-state index contributed by atoms with van der Waals surface area (Å²) in [6, 6.07) is 0. The average Bonchev–Trinajstić information content (AvgIpc) is 2.66. The van der Waals surface area contributed by atoms with Gasteiger partial charge in [0.1, 0.15) is 5.69 Å². The van der Waals surface area contributed by atoms with Gasteiger partial charge in [-0.3, -0.25) is 0 Å². The summed E-state index contributed by atoms with van der Waals surface area (Å²) in [5.74, 6) is -0.429. The fourth-order valence-corrected chi connectivity index (χ4v) is 1.90. The molecule has 0 spiro atoms. The lowest BCUT2D eigenvalue weighted by Crippen LogP contribution is -1.97. The van der Waals surface area contributed by atoms with Gasteiger partial charge < -0.3 is 5.73 Å². The summed E-state index contributed by atoms with van der Waals surface area (Å²) < 4.78 is 14.8. The van der Waals surface area contributed by atoms with Gasteiger partial charge in [-0.25, -0.2) is 14.1 Å². The van der Waals surface area contributed by atoms with Crippen molar-refractivity contribution in [2.75, 3.05) is 5.73 Å². The van der Waals surface area contributed by atoms with Gasteiger partial charge in [0, 0.05) is 13.2 Å². The highest BCUT2D eigenvalue weighted by Gasteiger charge is 2.16. The lowest BCUT2D eigenvalue weighted by atomic mass is 10.3. The number of nitrogens with two attached hydrogens (primary N) is 1. The molecule has 0 bridgehead atoms. The second-order valence-corrected chi connectivity index (χ2v) is 4.15. The molecule has 0 amide bonds. The molecule has 6 heteroatoms. The summed E-state index contributed by atoms with van der Waals surface area (Å²) in [5, 5.41) is 4.86. The molecule has 2 rings (SSSR count).